The zero-order valence-corrected chi connectivity index (χ0v) is 19.9. The fourth-order valence-corrected chi connectivity index (χ4v) is 4.65. The van der Waals surface area contributed by atoms with Crippen LogP contribution in [-0.4, -0.2) is 66.1 Å². The molecule has 2 aliphatic heterocycles. The van der Waals surface area contributed by atoms with E-state index in [0.29, 0.717) is 30.1 Å². The summed E-state index contributed by atoms with van der Waals surface area (Å²) in [5, 5.41) is 16.4. The Morgan fingerprint density at radius 1 is 1.14 bits per heavy atom. The smallest absolute Gasteiger partial charge is 0.322 e. The van der Waals surface area contributed by atoms with Gasteiger partial charge >= 0.3 is 6.03 Å². The number of amides is 3. The van der Waals surface area contributed by atoms with Crippen LogP contribution < -0.4 is 10.6 Å². The second kappa shape index (κ2) is 11.8. The van der Waals surface area contributed by atoms with E-state index >= 15 is 0 Å². The molecule has 4 rings (SSSR count). The molecule has 2 fully saturated rings. The highest BCUT2D eigenvalue weighted by molar-refractivity contribution is 6.31. The van der Waals surface area contributed by atoms with Gasteiger partial charge in [-0.25, -0.2) is 9.18 Å². The molecule has 3 N–H and O–H groups in total. The number of urea groups is 1. The summed E-state index contributed by atoms with van der Waals surface area (Å²) >= 11 is 6.15. The van der Waals surface area contributed by atoms with Crippen molar-refractivity contribution in [1.82, 2.24) is 10.2 Å². The third kappa shape index (κ3) is 6.91. The van der Waals surface area contributed by atoms with Gasteiger partial charge in [0.25, 0.3) is 0 Å². The maximum absolute atomic E-state index is 13.5. The van der Waals surface area contributed by atoms with Gasteiger partial charge in [-0.15, -0.1) is 0 Å². The van der Waals surface area contributed by atoms with Gasteiger partial charge < -0.3 is 30.1 Å². The van der Waals surface area contributed by atoms with Gasteiger partial charge in [0, 0.05) is 17.3 Å². The number of nitrogens with one attached hydrogen (secondary N) is 2. The van der Waals surface area contributed by atoms with Crippen LogP contribution in [0.2, 0.25) is 5.02 Å². The number of halogens is 2. The summed E-state index contributed by atoms with van der Waals surface area (Å²) in [6, 6.07) is 12.1. The van der Waals surface area contributed by atoms with Crippen LogP contribution in [0.1, 0.15) is 24.8 Å². The van der Waals surface area contributed by atoms with Crippen LogP contribution in [0.4, 0.5) is 14.9 Å². The Balaban J connectivity index is 1.36. The first kappa shape index (κ1) is 25.4. The lowest BCUT2D eigenvalue weighted by molar-refractivity contribution is -0.149. The molecule has 0 radical (unpaired) electrons. The molecule has 35 heavy (non-hydrogen) atoms. The summed E-state index contributed by atoms with van der Waals surface area (Å²) in [4.78, 5) is 27.1. The van der Waals surface area contributed by atoms with Crippen molar-refractivity contribution in [1.29, 1.82) is 0 Å². The van der Waals surface area contributed by atoms with Crippen molar-refractivity contribution >= 4 is 29.2 Å². The minimum Gasteiger partial charge on any atom is -0.389 e. The largest absolute Gasteiger partial charge is 0.389 e. The van der Waals surface area contributed by atoms with E-state index in [9.17, 15) is 19.1 Å². The van der Waals surface area contributed by atoms with Gasteiger partial charge in [-0.3, -0.25) is 4.79 Å². The number of hydrogen-bond acceptors (Lipinski definition) is 5. The molecular formula is C25H29ClFN3O5. The lowest BCUT2D eigenvalue weighted by Crippen LogP contribution is -2.58. The summed E-state index contributed by atoms with van der Waals surface area (Å²) < 4.78 is 25.3. The molecule has 0 unspecified atom stereocenters. The Bertz CT molecular complexity index is 1040. The van der Waals surface area contributed by atoms with E-state index in [1.54, 1.807) is 12.1 Å². The van der Waals surface area contributed by atoms with Gasteiger partial charge in [-0.05, 0) is 42.7 Å². The summed E-state index contributed by atoms with van der Waals surface area (Å²) in [7, 11) is 0. The maximum atomic E-state index is 13.5. The number of rotatable bonds is 5. The number of aliphatic hydroxyl groups is 1. The third-order valence-corrected chi connectivity index (χ3v) is 6.53. The zero-order chi connectivity index (χ0) is 24.8. The highest BCUT2D eigenvalue weighted by Crippen LogP contribution is 2.28. The van der Waals surface area contributed by atoms with E-state index in [1.807, 2.05) is 18.2 Å². The van der Waals surface area contributed by atoms with Gasteiger partial charge in [0.2, 0.25) is 5.91 Å². The molecule has 188 valence electrons. The maximum Gasteiger partial charge on any atom is 0.322 e. The molecule has 2 heterocycles. The van der Waals surface area contributed by atoms with E-state index in [0.717, 1.165) is 5.56 Å². The van der Waals surface area contributed by atoms with Crippen LogP contribution in [0.3, 0.4) is 0 Å². The fourth-order valence-electron chi connectivity index (χ4n) is 4.45. The SMILES string of the molecule is O=C(C[C@H]1CC[C@H]2[C@@H](COC[C@@H](O)CN2C(=O)Nc2cccc(F)c2)O1)NCc1ccccc1Cl. The van der Waals surface area contributed by atoms with Crippen LogP contribution in [0.15, 0.2) is 48.5 Å². The Kier molecular flexibility index (Phi) is 8.56. The number of anilines is 1. The first-order chi connectivity index (χ1) is 16.9. The Morgan fingerprint density at radius 2 is 1.97 bits per heavy atom. The second-order valence-corrected chi connectivity index (χ2v) is 9.20. The zero-order valence-electron chi connectivity index (χ0n) is 19.2. The minimum absolute atomic E-state index is 0.0503. The van der Waals surface area contributed by atoms with Gasteiger partial charge in [-0.1, -0.05) is 35.9 Å². The fraction of sp³-hybridized carbons (Fsp3) is 0.440. The second-order valence-electron chi connectivity index (χ2n) is 8.80. The molecule has 2 saturated heterocycles. The number of carbonyl (C=O) groups is 2. The van der Waals surface area contributed by atoms with Crippen LogP contribution >= 0.6 is 11.6 Å². The molecule has 3 amide bonds. The summed E-state index contributed by atoms with van der Waals surface area (Å²) in [5.74, 6) is -0.616. The van der Waals surface area contributed by atoms with Crippen molar-refractivity contribution in [2.45, 2.75) is 50.2 Å². The summed E-state index contributed by atoms with van der Waals surface area (Å²) in [6.07, 6.45) is -0.353. The van der Waals surface area contributed by atoms with Gasteiger partial charge in [0.05, 0.1) is 44.4 Å². The average molecular weight is 506 g/mol. The molecule has 8 nitrogen and oxygen atoms in total. The lowest BCUT2D eigenvalue weighted by Gasteiger charge is -2.44. The van der Waals surface area contributed by atoms with Crippen LogP contribution in [0, 0.1) is 5.82 Å². The Labute approximate surface area is 208 Å². The van der Waals surface area contributed by atoms with Crippen molar-refractivity contribution in [3.8, 4) is 0 Å². The topological polar surface area (TPSA) is 100 Å². The predicted molar refractivity (Wildman–Crippen MR) is 129 cm³/mol. The number of ether oxygens (including phenoxy) is 2. The van der Waals surface area contributed by atoms with E-state index in [1.165, 1.54) is 23.1 Å². The number of β-amino-alcohol motifs (C(OH)–C–C–N with tert-alkyl or cyclic N) is 1. The predicted octanol–water partition coefficient (Wildman–Crippen LogP) is 3.33. The monoisotopic (exact) mass is 505 g/mol. The summed E-state index contributed by atoms with van der Waals surface area (Å²) in [5.41, 5.74) is 1.16. The van der Waals surface area contributed by atoms with Crippen molar-refractivity contribution in [3.05, 3.63) is 64.9 Å². The highest BCUT2D eigenvalue weighted by Gasteiger charge is 2.40. The molecule has 0 aromatic heterocycles. The van der Waals surface area contributed by atoms with E-state index in [2.05, 4.69) is 10.6 Å². The molecule has 0 saturated carbocycles. The quantitative estimate of drug-likeness (QED) is 0.579. The molecule has 0 bridgehead atoms. The number of nitrogens with zero attached hydrogens (tertiary/aromatic N) is 1. The van der Waals surface area contributed by atoms with Crippen molar-refractivity contribution < 1.29 is 28.6 Å². The molecule has 0 aliphatic carbocycles. The van der Waals surface area contributed by atoms with Crippen LogP contribution in [0.5, 0.6) is 0 Å². The molecule has 0 spiro atoms. The molecule has 2 aromatic rings. The Hall–Kier alpha value is -2.72. The van der Waals surface area contributed by atoms with E-state index < -0.39 is 24.1 Å². The van der Waals surface area contributed by atoms with Crippen molar-refractivity contribution in [3.63, 3.8) is 0 Å². The number of aliphatic hydroxyl groups excluding tert-OH is 1. The van der Waals surface area contributed by atoms with Crippen molar-refractivity contribution in [2.24, 2.45) is 0 Å². The van der Waals surface area contributed by atoms with E-state index in [4.69, 9.17) is 21.1 Å². The molecule has 10 heteroatoms. The average Bonchev–Trinajstić information content (AvgIpc) is 2.81. The molecular weight excluding hydrogens is 477 g/mol. The summed E-state index contributed by atoms with van der Waals surface area (Å²) in [6.45, 7) is 0.615. The van der Waals surface area contributed by atoms with Crippen LogP contribution in [0.25, 0.3) is 0 Å². The molecule has 4 atom stereocenters. The first-order valence-corrected chi connectivity index (χ1v) is 12.0. The molecule has 2 aromatic carbocycles. The van der Waals surface area contributed by atoms with Gasteiger partial charge in [-0.2, -0.15) is 0 Å². The number of fused-ring (bicyclic) bond motifs is 1. The number of benzene rings is 2. The normalized spacial score (nSPS) is 24.6. The third-order valence-electron chi connectivity index (χ3n) is 6.16. The lowest BCUT2D eigenvalue weighted by atomic mass is 9.95. The van der Waals surface area contributed by atoms with Crippen LogP contribution in [-0.2, 0) is 20.8 Å². The number of carbonyl (C=O) groups excluding carboxylic acids is 2. The number of hydrogen-bond donors (Lipinski definition) is 3. The Morgan fingerprint density at radius 3 is 2.77 bits per heavy atom. The standard InChI is InChI=1S/C25H29ClFN3O5/c26-21-7-2-1-4-16(21)12-28-24(32)11-20-8-9-22-23(35-20)15-34-14-19(31)13-30(22)25(33)29-18-6-3-5-17(27)10-18/h1-7,10,19-20,22-23,31H,8-9,11-15H2,(H,28,32)(H,29,33)/t19-,20+,22-,23+/m0/s1. The van der Waals surface area contributed by atoms with Crippen molar-refractivity contribution in [2.75, 3.05) is 25.1 Å². The van der Waals surface area contributed by atoms with E-state index in [-0.39, 0.29) is 44.2 Å². The molecule has 2 aliphatic rings. The highest BCUT2D eigenvalue weighted by atomic mass is 35.5. The van der Waals surface area contributed by atoms with Gasteiger partial charge in [0.15, 0.2) is 0 Å². The first-order valence-electron chi connectivity index (χ1n) is 11.6. The minimum atomic E-state index is -0.859. The van der Waals surface area contributed by atoms with Gasteiger partial charge in [0.1, 0.15) is 11.9 Å².